The summed E-state index contributed by atoms with van der Waals surface area (Å²) in [5, 5.41) is 3.49. The third-order valence-electron chi connectivity index (χ3n) is 9.91. The molecule has 1 saturated carbocycles. The van der Waals surface area contributed by atoms with E-state index in [1.54, 1.807) is 32.9 Å². The first-order valence-corrected chi connectivity index (χ1v) is 22.6. The minimum Gasteiger partial charge on any atom is -0.427 e. The van der Waals surface area contributed by atoms with Gasteiger partial charge in [-0.2, -0.15) is 0 Å². The van der Waals surface area contributed by atoms with Gasteiger partial charge in [0.15, 0.2) is 0 Å². The van der Waals surface area contributed by atoms with Crippen LogP contribution in [-0.2, 0) is 45.0 Å². The average Bonchev–Trinajstić information content (AvgIpc) is 3.49. The second kappa shape index (κ2) is 17.4. The van der Waals surface area contributed by atoms with Crippen molar-refractivity contribution in [3.63, 3.8) is 0 Å². The molecule has 1 saturated heterocycles. The van der Waals surface area contributed by atoms with Gasteiger partial charge < -0.3 is 24.6 Å². The molecular weight excluding hydrogens is 763 g/mol. The lowest BCUT2D eigenvalue weighted by molar-refractivity contribution is -0.176. The molecule has 2 fully saturated rings. The molecule has 0 spiro atoms. The topological polar surface area (TPSA) is 172 Å². The number of fused-ring (bicyclic) bond motifs is 2. The summed E-state index contributed by atoms with van der Waals surface area (Å²) in [6.07, 6.45) is 4.68. The zero-order valence-electron chi connectivity index (χ0n) is 30.6. The van der Waals surface area contributed by atoms with Gasteiger partial charge in [-0.25, -0.2) is 22.2 Å². The molecule has 17 heteroatoms. The Labute approximate surface area is 321 Å². The van der Waals surface area contributed by atoms with E-state index in [1.165, 1.54) is 16.8 Å². The summed E-state index contributed by atoms with van der Waals surface area (Å²) in [7, 11) is -5.89. The third-order valence-corrected chi connectivity index (χ3v) is 14.6. The first-order valence-electron chi connectivity index (χ1n) is 18.0. The molecule has 0 bridgehead atoms. The molecule has 5 atom stereocenters. The highest BCUT2D eigenvalue weighted by Gasteiger charge is 2.49. The van der Waals surface area contributed by atoms with Crippen LogP contribution in [0.4, 0.5) is 5.69 Å². The molecule has 1 aliphatic carbocycles. The second-order valence-electron chi connectivity index (χ2n) is 15.0. The number of hydrogen-bond donors (Lipinski definition) is 3. The molecule has 13 nitrogen and oxygen atoms in total. The molecule has 0 radical (unpaired) electrons. The number of sulfonamides is 1. The Kier molecular flexibility index (Phi) is 13.7. The number of nitrogens with one attached hydrogen (secondary N) is 2. The number of unbranched alkanes of at least 4 members (excludes halogenated alkanes) is 1. The van der Waals surface area contributed by atoms with Gasteiger partial charge in [-0.05, 0) is 102 Å². The predicted octanol–water partition coefficient (Wildman–Crippen LogP) is 6.20. The van der Waals surface area contributed by atoms with Gasteiger partial charge in [0.05, 0.1) is 22.3 Å². The van der Waals surface area contributed by atoms with Crippen LogP contribution in [0.2, 0.25) is 5.02 Å². The molecule has 2 aromatic rings. The summed E-state index contributed by atoms with van der Waals surface area (Å²) in [4.78, 5) is 51.9. The highest BCUT2D eigenvalue weighted by molar-refractivity contribution is 7.97. The van der Waals surface area contributed by atoms with E-state index in [4.69, 9.17) is 21.1 Å². The summed E-state index contributed by atoms with van der Waals surface area (Å²) in [6, 6.07) is 11.3. The van der Waals surface area contributed by atoms with Gasteiger partial charge in [0, 0.05) is 23.6 Å². The fraction of sp³-hybridized carbons (Fsp3) is 0.583. The van der Waals surface area contributed by atoms with E-state index in [0.717, 1.165) is 24.8 Å². The Bertz CT molecular complexity index is 1810. The number of nitrogens with zero attached hydrogens (tertiary/aromatic N) is 2. The van der Waals surface area contributed by atoms with E-state index >= 15 is 0 Å². The summed E-state index contributed by atoms with van der Waals surface area (Å²) in [6.45, 7) is 4.63. The Morgan fingerprint density at radius 3 is 2.53 bits per heavy atom. The molecule has 5 rings (SSSR count). The second-order valence-corrected chi connectivity index (χ2v) is 20.8. The van der Waals surface area contributed by atoms with Crippen molar-refractivity contribution < 1.29 is 41.7 Å². The number of hydrogen-bond acceptors (Lipinski definition) is 11. The minimum atomic E-state index is -3.88. The summed E-state index contributed by atoms with van der Waals surface area (Å²) in [5.74, 6) is -1.63. The zero-order valence-corrected chi connectivity index (χ0v) is 33.9. The van der Waals surface area contributed by atoms with Crippen LogP contribution in [0.15, 0.2) is 52.3 Å². The number of carbonyl (C=O) groups is 3. The van der Waals surface area contributed by atoms with E-state index < -0.39 is 59.6 Å². The van der Waals surface area contributed by atoms with Crippen LogP contribution in [0, 0.1) is 11.3 Å². The number of halogens is 1. The molecule has 2 aliphatic heterocycles. The highest BCUT2D eigenvalue weighted by atomic mass is 35.5. The lowest BCUT2D eigenvalue weighted by atomic mass is 9.85. The first-order chi connectivity index (χ1) is 24.9. The highest BCUT2D eigenvalue weighted by Crippen LogP contribution is 2.46. The summed E-state index contributed by atoms with van der Waals surface area (Å²) >= 11 is 7.86. The molecule has 3 N–H and O–H groups in total. The molecule has 2 heterocycles. The number of rotatable bonds is 14. The van der Waals surface area contributed by atoms with Gasteiger partial charge in [0.2, 0.25) is 30.1 Å². The van der Waals surface area contributed by atoms with Crippen molar-refractivity contribution in [2.75, 3.05) is 31.5 Å². The number of esters is 2. The molecule has 0 aromatic heterocycles. The Hall–Kier alpha value is -2.65. The Morgan fingerprint density at radius 1 is 1.09 bits per heavy atom. The van der Waals surface area contributed by atoms with Gasteiger partial charge in [-0.15, -0.1) is 0 Å². The third kappa shape index (κ3) is 10.8. The van der Waals surface area contributed by atoms with E-state index in [9.17, 15) is 32.3 Å². The van der Waals surface area contributed by atoms with Gasteiger partial charge in [-0.1, -0.05) is 54.8 Å². The largest absolute Gasteiger partial charge is 0.427 e. The number of likely N-dealkylation sites (tertiary alicyclic amines) is 1. The van der Waals surface area contributed by atoms with E-state index in [1.807, 2.05) is 41.7 Å². The summed E-state index contributed by atoms with van der Waals surface area (Å²) < 4.78 is 54.5. The van der Waals surface area contributed by atoms with Crippen LogP contribution in [0.3, 0.4) is 0 Å². The van der Waals surface area contributed by atoms with Crippen molar-refractivity contribution in [1.29, 1.82) is 0 Å². The molecule has 2 aromatic carbocycles. The number of carbonyl (C=O) groups excluding carboxylic acids is 3. The van der Waals surface area contributed by atoms with Crippen LogP contribution < -0.4 is 10.0 Å². The lowest BCUT2D eigenvalue weighted by Crippen LogP contribution is -2.48. The maximum absolute atomic E-state index is 13.6. The smallest absolute Gasteiger partial charge is 0.331 e. The molecular formula is C36H50ClN4O9PS2. The normalized spacial score (nSPS) is 22.9. The fourth-order valence-corrected chi connectivity index (χ4v) is 11.2. The van der Waals surface area contributed by atoms with E-state index in [-0.39, 0.29) is 40.8 Å². The summed E-state index contributed by atoms with van der Waals surface area (Å²) in [5.41, 5.74) is 0.747. The SMILES string of the molecule is CN1Sc2cc(S(=O)(=O)NCc3ccccc3)c(Cl)cc2NC1CCCCP(=O)(O)CC(=O)N1[C@@H]2CCCC[C@@H]2C[C@H]1C(=O)OCOC(=O)C(C)(C)C. The van der Waals surface area contributed by atoms with Crippen molar-refractivity contribution in [2.24, 2.45) is 11.3 Å². The standard InChI is InChI=1S/C36H50ClN4O9PS2/c1-36(2,3)35(44)50-23-49-34(43)29-18-25-14-8-9-15-28(25)41(29)33(42)22-51(45,46)17-11-10-16-32-39-27-19-26(37)31(20-30(27)52-40(32)4)53(47,48)38-21-24-12-6-5-7-13-24/h5-7,12-13,19-20,25,28-29,32,38-39H,8-11,14-18,21-23H2,1-4H3,(H,45,46)/t25-,28-,29+,32?/m1/s1. The van der Waals surface area contributed by atoms with Crippen LogP contribution in [0.1, 0.15) is 77.7 Å². The lowest BCUT2D eigenvalue weighted by Gasteiger charge is -2.35. The number of benzene rings is 2. The number of anilines is 1. The Morgan fingerprint density at radius 2 is 1.81 bits per heavy atom. The predicted molar refractivity (Wildman–Crippen MR) is 204 cm³/mol. The van der Waals surface area contributed by atoms with Crippen LogP contribution in [-0.4, -0.2) is 84.8 Å². The molecule has 53 heavy (non-hydrogen) atoms. The van der Waals surface area contributed by atoms with Gasteiger partial charge in [0.1, 0.15) is 17.1 Å². The number of ether oxygens (including phenoxy) is 2. The van der Waals surface area contributed by atoms with Crippen molar-refractivity contribution >= 4 is 64.5 Å². The van der Waals surface area contributed by atoms with E-state index in [0.29, 0.717) is 42.7 Å². The first kappa shape index (κ1) is 41.5. The molecule has 2 unspecified atom stereocenters. The maximum atomic E-state index is 13.6. The number of amides is 1. The van der Waals surface area contributed by atoms with E-state index in [2.05, 4.69) is 10.0 Å². The van der Waals surface area contributed by atoms with Crippen molar-refractivity contribution in [3.05, 3.63) is 53.1 Å². The van der Waals surface area contributed by atoms with Crippen molar-refractivity contribution in [3.8, 4) is 0 Å². The van der Waals surface area contributed by atoms with Crippen LogP contribution in [0.5, 0.6) is 0 Å². The maximum Gasteiger partial charge on any atom is 0.331 e. The fourth-order valence-electron chi connectivity index (χ4n) is 7.08. The monoisotopic (exact) mass is 812 g/mol. The average molecular weight is 813 g/mol. The molecule has 292 valence electrons. The van der Waals surface area contributed by atoms with Crippen LogP contribution in [0.25, 0.3) is 0 Å². The quantitative estimate of drug-likeness (QED) is 0.0650. The van der Waals surface area contributed by atoms with Gasteiger partial charge in [-0.3, -0.25) is 14.2 Å². The van der Waals surface area contributed by atoms with Crippen LogP contribution >= 0.6 is 30.9 Å². The minimum absolute atomic E-state index is 0.0130. The van der Waals surface area contributed by atoms with Crippen molar-refractivity contribution in [2.45, 2.75) is 107 Å². The molecule has 3 aliphatic rings. The zero-order chi connectivity index (χ0) is 38.6. The van der Waals surface area contributed by atoms with Gasteiger partial charge in [0.25, 0.3) is 0 Å². The Balaban J connectivity index is 1.12. The molecule has 1 amide bonds. The van der Waals surface area contributed by atoms with Crippen molar-refractivity contribution in [1.82, 2.24) is 13.9 Å². The van der Waals surface area contributed by atoms with Gasteiger partial charge >= 0.3 is 11.9 Å².